The molecule has 0 spiro atoms. The first-order valence-electron chi connectivity index (χ1n) is 12.3. The molecule has 190 valence electrons. The molecule has 2 aromatic rings. The lowest BCUT2D eigenvalue weighted by atomic mass is 10.0. The van der Waals surface area contributed by atoms with Crippen LogP contribution in [0.2, 0.25) is 0 Å². The van der Waals surface area contributed by atoms with Crippen molar-refractivity contribution < 1.29 is 22.7 Å². The van der Waals surface area contributed by atoms with Gasteiger partial charge in [0.15, 0.2) is 0 Å². The zero-order valence-electron chi connectivity index (χ0n) is 19.8. The van der Waals surface area contributed by atoms with E-state index in [1.165, 1.54) is 25.0 Å². The number of anilines is 1. The van der Waals surface area contributed by atoms with Crippen molar-refractivity contribution >= 4 is 11.7 Å². The predicted molar refractivity (Wildman–Crippen MR) is 129 cm³/mol. The molecule has 2 aromatic carbocycles. The monoisotopic (exact) mass is 490 g/mol. The Hall–Kier alpha value is -2.78. The van der Waals surface area contributed by atoms with Gasteiger partial charge in [-0.3, -0.25) is 4.90 Å². The topological polar surface area (TPSA) is 48.1 Å². The molecule has 6 nitrogen and oxygen atoms in total. The average Bonchev–Trinajstić information content (AvgIpc) is 3.35. The van der Waals surface area contributed by atoms with E-state index in [9.17, 15) is 18.0 Å². The van der Waals surface area contributed by atoms with Crippen LogP contribution in [0.4, 0.5) is 23.7 Å². The number of ether oxygens (including phenoxy) is 1. The van der Waals surface area contributed by atoms with Crippen molar-refractivity contribution in [2.75, 3.05) is 44.6 Å². The zero-order valence-corrected chi connectivity index (χ0v) is 19.8. The second kappa shape index (κ2) is 12.3. The summed E-state index contributed by atoms with van der Waals surface area (Å²) in [5.74, 6) is -0.192. The molecular formula is C26H33F3N4O2. The molecule has 0 saturated carbocycles. The van der Waals surface area contributed by atoms with Crippen LogP contribution in [0.1, 0.15) is 31.2 Å². The Balaban J connectivity index is 1.37. The van der Waals surface area contributed by atoms with E-state index in [2.05, 4.69) is 19.9 Å². The molecule has 0 atom stereocenters. The van der Waals surface area contributed by atoms with Crippen LogP contribution in [0.15, 0.2) is 48.5 Å². The highest BCUT2D eigenvalue weighted by Gasteiger charge is 2.29. The number of alkyl halides is 2. The molecular weight excluding hydrogens is 457 g/mol. The summed E-state index contributed by atoms with van der Waals surface area (Å²) >= 11 is 0. The van der Waals surface area contributed by atoms with Gasteiger partial charge in [-0.05, 0) is 63.0 Å². The molecule has 2 aliphatic heterocycles. The van der Waals surface area contributed by atoms with Crippen molar-refractivity contribution in [1.82, 2.24) is 14.7 Å². The highest BCUT2D eigenvalue weighted by molar-refractivity contribution is 5.89. The van der Waals surface area contributed by atoms with Crippen molar-refractivity contribution in [1.29, 1.82) is 0 Å². The molecule has 0 unspecified atom stereocenters. The summed E-state index contributed by atoms with van der Waals surface area (Å²) in [5, 5.41) is 2.86. The van der Waals surface area contributed by atoms with Gasteiger partial charge in [-0.1, -0.05) is 24.3 Å². The zero-order chi connectivity index (χ0) is 24.6. The lowest BCUT2D eigenvalue weighted by molar-refractivity contribution is -0.0508. The van der Waals surface area contributed by atoms with Gasteiger partial charge >= 0.3 is 12.6 Å². The number of carbonyl (C=O) groups is 1. The normalized spacial score (nSPS) is 17.6. The van der Waals surface area contributed by atoms with E-state index in [0.29, 0.717) is 18.8 Å². The molecule has 2 aliphatic rings. The van der Waals surface area contributed by atoms with Gasteiger partial charge in [0.2, 0.25) is 0 Å². The fourth-order valence-electron chi connectivity index (χ4n) is 4.94. The molecule has 2 fully saturated rings. The van der Waals surface area contributed by atoms with E-state index in [4.69, 9.17) is 0 Å². The van der Waals surface area contributed by atoms with Gasteiger partial charge < -0.3 is 19.9 Å². The number of hydrogen-bond donors (Lipinski definition) is 1. The first-order valence-corrected chi connectivity index (χ1v) is 12.3. The second-order valence-electron chi connectivity index (χ2n) is 9.18. The maximum atomic E-state index is 13.6. The van der Waals surface area contributed by atoms with Crippen LogP contribution < -0.4 is 10.1 Å². The van der Waals surface area contributed by atoms with E-state index in [-0.39, 0.29) is 17.8 Å². The number of halogens is 3. The fraction of sp³-hybridized carbons (Fsp3) is 0.500. The maximum Gasteiger partial charge on any atom is 0.387 e. The fourth-order valence-corrected chi connectivity index (χ4v) is 4.94. The molecule has 35 heavy (non-hydrogen) atoms. The number of para-hydroxylation sites is 1. The summed E-state index contributed by atoms with van der Waals surface area (Å²) in [7, 11) is 0. The predicted octanol–water partition coefficient (Wildman–Crippen LogP) is 5.02. The summed E-state index contributed by atoms with van der Waals surface area (Å²) in [6.07, 6.45) is 3.91. The summed E-state index contributed by atoms with van der Waals surface area (Å²) in [4.78, 5) is 19.7. The molecule has 2 saturated heterocycles. The molecule has 2 amide bonds. The Bertz CT molecular complexity index is 963. The minimum atomic E-state index is -2.86. The van der Waals surface area contributed by atoms with Crippen LogP contribution in [0.5, 0.6) is 5.75 Å². The Morgan fingerprint density at radius 2 is 1.77 bits per heavy atom. The number of benzene rings is 2. The number of nitrogens with zero attached hydrogens (tertiary/aromatic N) is 3. The second-order valence-corrected chi connectivity index (χ2v) is 9.18. The SMILES string of the molecule is O=C(Nc1cccc(F)c1)N(CCN1CCCC1)C1CCN(Cc2ccccc2OC(F)F)CC1. The Kier molecular flexibility index (Phi) is 8.87. The highest BCUT2D eigenvalue weighted by atomic mass is 19.3. The number of amides is 2. The van der Waals surface area contributed by atoms with Crippen LogP contribution in [-0.2, 0) is 6.54 Å². The van der Waals surface area contributed by atoms with Crippen molar-refractivity contribution in [2.45, 2.75) is 44.9 Å². The molecule has 4 rings (SSSR count). The Morgan fingerprint density at radius 3 is 2.49 bits per heavy atom. The molecule has 0 aromatic heterocycles. The van der Waals surface area contributed by atoms with E-state index in [1.807, 2.05) is 11.0 Å². The lowest BCUT2D eigenvalue weighted by Gasteiger charge is -2.39. The van der Waals surface area contributed by atoms with E-state index in [1.54, 1.807) is 30.3 Å². The number of hydrogen-bond acceptors (Lipinski definition) is 4. The number of carbonyl (C=O) groups excluding carboxylic acids is 1. The van der Waals surface area contributed by atoms with Gasteiger partial charge in [0.25, 0.3) is 0 Å². The quantitative estimate of drug-likeness (QED) is 0.536. The van der Waals surface area contributed by atoms with Crippen LogP contribution >= 0.6 is 0 Å². The van der Waals surface area contributed by atoms with Crippen LogP contribution in [-0.4, -0.2) is 72.7 Å². The first kappa shape index (κ1) is 25.3. The number of piperidine rings is 1. The molecule has 2 heterocycles. The molecule has 0 radical (unpaired) electrons. The van der Waals surface area contributed by atoms with Gasteiger partial charge in [-0.25, -0.2) is 9.18 Å². The molecule has 0 bridgehead atoms. The largest absolute Gasteiger partial charge is 0.434 e. The summed E-state index contributed by atoms with van der Waals surface area (Å²) in [5.41, 5.74) is 1.16. The molecule has 0 aliphatic carbocycles. The maximum absolute atomic E-state index is 13.6. The highest BCUT2D eigenvalue weighted by Crippen LogP contribution is 2.25. The summed E-state index contributed by atoms with van der Waals surface area (Å²) in [6, 6.07) is 12.6. The third-order valence-corrected chi connectivity index (χ3v) is 6.77. The van der Waals surface area contributed by atoms with Crippen molar-refractivity contribution in [2.24, 2.45) is 0 Å². The number of likely N-dealkylation sites (tertiary alicyclic amines) is 2. The van der Waals surface area contributed by atoms with Crippen molar-refractivity contribution in [3.8, 4) is 5.75 Å². The van der Waals surface area contributed by atoms with Gasteiger partial charge in [0, 0.05) is 50.0 Å². The number of rotatable bonds is 9. The minimum Gasteiger partial charge on any atom is -0.434 e. The lowest BCUT2D eigenvalue weighted by Crippen LogP contribution is -2.50. The van der Waals surface area contributed by atoms with Crippen LogP contribution in [0.25, 0.3) is 0 Å². The van der Waals surface area contributed by atoms with E-state index < -0.39 is 12.4 Å². The van der Waals surface area contributed by atoms with Gasteiger partial charge in [-0.2, -0.15) is 8.78 Å². The third-order valence-electron chi connectivity index (χ3n) is 6.77. The number of nitrogens with one attached hydrogen (secondary N) is 1. The molecule has 9 heteroatoms. The van der Waals surface area contributed by atoms with Crippen LogP contribution in [0.3, 0.4) is 0 Å². The van der Waals surface area contributed by atoms with Gasteiger partial charge in [0.05, 0.1) is 0 Å². The van der Waals surface area contributed by atoms with Crippen molar-refractivity contribution in [3.63, 3.8) is 0 Å². The first-order chi connectivity index (χ1) is 17.0. The average molecular weight is 491 g/mol. The van der Waals surface area contributed by atoms with Gasteiger partial charge in [0.1, 0.15) is 11.6 Å². The minimum absolute atomic E-state index is 0.0509. The van der Waals surface area contributed by atoms with Gasteiger partial charge in [-0.15, -0.1) is 0 Å². The Labute approximate surface area is 204 Å². The van der Waals surface area contributed by atoms with Crippen molar-refractivity contribution in [3.05, 3.63) is 59.9 Å². The molecule has 1 N–H and O–H groups in total. The van der Waals surface area contributed by atoms with E-state index in [0.717, 1.165) is 51.1 Å². The smallest absolute Gasteiger partial charge is 0.387 e. The number of urea groups is 1. The van der Waals surface area contributed by atoms with E-state index >= 15 is 0 Å². The summed E-state index contributed by atoms with van der Waals surface area (Å²) in [6.45, 7) is 2.66. The summed E-state index contributed by atoms with van der Waals surface area (Å²) < 4.78 is 43.8. The third kappa shape index (κ3) is 7.35. The Morgan fingerprint density at radius 1 is 1.03 bits per heavy atom. The standard InChI is InChI=1S/C26H33F3N4O2/c27-21-7-5-8-22(18-21)30-26(34)33(17-16-31-12-3-4-13-31)23-10-14-32(15-11-23)19-20-6-1-2-9-24(20)35-25(28)29/h1-2,5-9,18,23,25H,3-4,10-17,19H2,(H,30,34). The van der Waals surface area contributed by atoms with Crippen LogP contribution in [0, 0.1) is 5.82 Å².